The maximum Gasteiger partial charge on any atom is 0.416 e. The summed E-state index contributed by atoms with van der Waals surface area (Å²) in [6.07, 6.45) is -14.4. The summed E-state index contributed by atoms with van der Waals surface area (Å²) in [5, 5.41) is 0. The molecule has 2 fully saturated rings. The summed E-state index contributed by atoms with van der Waals surface area (Å²) >= 11 is 0. The number of likely N-dealkylation sites (tertiary alicyclic amines) is 1. The highest BCUT2D eigenvalue weighted by Crippen LogP contribution is 2.48. The molecular formula is C17H24F6N2O4. The van der Waals surface area contributed by atoms with Crippen LogP contribution in [0.4, 0.5) is 31.1 Å². The van der Waals surface area contributed by atoms with Gasteiger partial charge in [-0.15, -0.1) is 0 Å². The fourth-order valence-electron chi connectivity index (χ4n) is 3.35. The van der Waals surface area contributed by atoms with E-state index in [1.807, 2.05) is 0 Å². The van der Waals surface area contributed by atoms with Gasteiger partial charge in [-0.3, -0.25) is 4.79 Å². The third-order valence-electron chi connectivity index (χ3n) is 4.94. The fraction of sp³-hybridized carbons (Fsp3) is 0.882. The van der Waals surface area contributed by atoms with Gasteiger partial charge in [0.25, 0.3) is 0 Å². The van der Waals surface area contributed by atoms with Crippen molar-refractivity contribution in [1.29, 1.82) is 0 Å². The second-order valence-electron chi connectivity index (χ2n) is 8.20. The van der Waals surface area contributed by atoms with Crippen molar-refractivity contribution in [2.24, 2.45) is 5.41 Å². The molecule has 1 atom stereocenters. The molecule has 0 aromatic heterocycles. The number of rotatable bonds is 1. The molecule has 6 nitrogen and oxygen atoms in total. The predicted molar refractivity (Wildman–Crippen MR) is 87.9 cm³/mol. The van der Waals surface area contributed by atoms with Gasteiger partial charge in [0, 0.05) is 19.6 Å². The van der Waals surface area contributed by atoms with E-state index in [0.717, 1.165) is 4.90 Å². The standard InChI is InChI=1S/C17H24F6N2O4/c1-14(2,3)29-13(27)24-6-4-15(5-7-24,17(21,22)23)12(26)25-8-9-28-11(10-25)16(18,19)20/h11H,4-10H2,1-3H3/t11-/m0/s1. The van der Waals surface area contributed by atoms with Gasteiger partial charge >= 0.3 is 18.4 Å². The first-order chi connectivity index (χ1) is 13.1. The van der Waals surface area contributed by atoms with Crippen LogP contribution in [0.5, 0.6) is 0 Å². The number of morpholine rings is 1. The SMILES string of the molecule is CC(C)(C)OC(=O)N1CCC(C(=O)N2CCO[C@H](C(F)(F)F)C2)(C(F)(F)F)CC1. The van der Waals surface area contributed by atoms with Crippen LogP contribution in [0.15, 0.2) is 0 Å². The maximum atomic E-state index is 13.9. The predicted octanol–water partition coefficient (Wildman–Crippen LogP) is 3.36. The van der Waals surface area contributed by atoms with Crippen molar-refractivity contribution in [1.82, 2.24) is 9.80 Å². The van der Waals surface area contributed by atoms with Crippen molar-refractivity contribution in [3.05, 3.63) is 0 Å². The number of ether oxygens (including phenoxy) is 2. The lowest BCUT2D eigenvalue weighted by molar-refractivity contribution is -0.252. The van der Waals surface area contributed by atoms with Crippen LogP contribution >= 0.6 is 0 Å². The lowest BCUT2D eigenvalue weighted by Crippen LogP contribution is -2.61. The highest BCUT2D eigenvalue weighted by Gasteiger charge is 2.63. The van der Waals surface area contributed by atoms with Gasteiger partial charge in [0.2, 0.25) is 5.91 Å². The Morgan fingerprint density at radius 3 is 1.97 bits per heavy atom. The Balaban J connectivity index is 2.16. The highest BCUT2D eigenvalue weighted by molar-refractivity contribution is 5.84. The molecule has 168 valence electrons. The van der Waals surface area contributed by atoms with E-state index >= 15 is 0 Å². The number of nitrogens with zero attached hydrogens (tertiary/aromatic N) is 2. The van der Waals surface area contributed by atoms with Crippen LogP contribution in [0, 0.1) is 5.41 Å². The lowest BCUT2D eigenvalue weighted by atomic mass is 9.76. The van der Waals surface area contributed by atoms with Crippen LogP contribution in [-0.4, -0.2) is 78.6 Å². The minimum atomic E-state index is -4.98. The quantitative estimate of drug-likeness (QED) is 0.594. The van der Waals surface area contributed by atoms with Gasteiger partial charge in [0.05, 0.1) is 13.2 Å². The minimum absolute atomic E-state index is 0.362. The van der Waals surface area contributed by atoms with Crippen molar-refractivity contribution in [3.8, 4) is 0 Å². The minimum Gasteiger partial charge on any atom is -0.444 e. The molecule has 2 rings (SSSR count). The Labute approximate surface area is 164 Å². The average Bonchev–Trinajstić information content (AvgIpc) is 2.58. The van der Waals surface area contributed by atoms with E-state index < -0.39 is 80.6 Å². The van der Waals surface area contributed by atoms with Crippen LogP contribution in [-0.2, 0) is 14.3 Å². The molecule has 0 N–H and O–H groups in total. The molecule has 2 amide bonds. The largest absolute Gasteiger partial charge is 0.444 e. The summed E-state index contributed by atoms with van der Waals surface area (Å²) < 4.78 is 90.0. The molecule has 0 aliphatic carbocycles. The first-order valence-corrected chi connectivity index (χ1v) is 9.09. The van der Waals surface area contributed by atoms with E-state index in [4.69, 9.17) is 4.74 Å². The van der Waals surface area contributed by atoms with E-state index in [9.17, 15) is 35.9 Å². The molecule has 0 aromatic carbocycles. The Hall–Kier alpha value is -1.72. The first kappa shape index (κ1) is 23.6. The molecular weight excluding hydrogens is 410 g/mol. The van der Waals surface area contributed by atoms with Crippen LogP contribution in [0.1, 0.15) is 33.6 Å². The van der Waals surface area contributed by atoms with E-state index in [0.29, 0.717) is 4.90 Å². The number of halogens is 6. The normalized spacial score (nSPS) is 23.7. The fourth-order valence-corrected chi connectivity index (χ4v) is 3.35. The molecule has 2 aliphatic heterocycles. The zero-order chi connectivity index (χ0) is 22.3. The maximum absolute atomic E-state index is 13.9. The number of piperidine rings is 1. The Bertz CT molecular complexity index is 621. The first-order valence-electron chi connectivity index (χ1n) is 9.09. The number of hydrogen-bond donors (Lipinski definition) is 0. The molecule has 0 aromatic rings. The zero-order valence-electron chi connectivity index (χ0n) is 16.3. The molecule has 0 bridgehead atoms. The third kappa shape index (κ3) is 5.26. The van der Waals surface area contributed by atoms with Crippen molar-refractivity contribution >= 4 is 12.0 Å². The van der Waals surface area contributed by atoms with Gasteiger partial charge in [0.15, 0.2) is 6.10 Å². The lowest BCUT2D eigenvalue weighted by Gasteiger charge is -2.45. The third-order valence-corrected chi connectivity index (χ3v) is 4.94. The number of carbonyl (C=O) groups excluding carboxylic acids is 2. The Morgan fingerprint density at radius 1 is 0.966 bits per heavy atom. The summed E-state index contributed by atoms with van der Waals surface area (Å²) in [5.74, 6) is -1.41. The molecule has 0 unspecified atom stereocenters. The highest BCUT2D eigenvalue weighted by atomic mass is 19.4. The van der Waals surface area contributed by atoms with E-state index in [1.54, 1.807) is 20.8 Å². The Kier molecular flexibility index (Phi) is 6.37. The smallest absolute Gasteiger partial charge is 0.416 e. The number of amides is 2. The van der Waals surface area contributed by atoms with Crippen LogP contribution in [0.3, 0.4) is 0 Å². The summed E-state index contributed by atoms with van der Waals surface area (Å²) in [6.45, 7) is 2.17. The average molecular weight is 434 g/mol. The van der Waals surface area contributed by atoms with Crippen molar-refractivity contribution in [3.63, 3.8) is 0 Å². The summed E-state index contributed by atoms with van der Waals surface area (Å²) in [6, 6.07) is 0. The van der Waals surface area contributed by atoms with Crippen molar-refractivity contribution in [2.45, 2.75) is 57.7 Å². The van der Waals surface area contributed by atoms with Crippen molar-refractivity contribution < 1.29 is 45.4 Å². The summed E-state index contributed by atoms with van der Waals surface area (Å²) in [7, 11) is 0. The number of alkyl halides is 6. The molecule has 2 aliphatic rings. The topological polar surface area (TPSA) is 59.1 Å². The van der Waals surface area contributed by atoms with Gasteiger partial charge in [-0.1, -0.05) is 0 Å². The Morgan fingerprint density at radius 2 is 1.52 bits per heavy atom. The number of hydrogen-bond acceptors (Lipinski definition) is 4. The van der Waals surface area contributed by atoms with Crippen molar-refractivity contribution in [2.75, 3.05) is 32.8 Å². The van der Waals surface area contributed by atoms with Crippen LogP contribution in [0.25, 0.3) is 0 Å². The molecule has 0 spiro atoms. The molecule has 2 heterocycles. The second-order valence-corrected chi connectivity index (χ2v) is 8.20. The molecule has 0 radical (unpaired) electrons. The van der Waals surface area contributed by atoms with Gasteiger partial charge in [-0.2, -0.15) is 26.3 Å². The monoisotopic (exact) mass is 434 g/mol. The molecule has 0 saturated carbocycles. The molecule has 29 heavy (non-hydrogen) atoms. The summed E-state index contributed by atoms with van der Waals surface area (Å²) in [4.78, 5) is 26.5. The van der Waals surface area contributed by atoms with Crippen LogP contribution < -0.4 is 0 Å². The zero-order valence-corrected chi connectivity index (χ0v) is 16.3. The van der Waals surface area contributed by atoms with E-state index in [2.05, 4.69) is 4.74 Å². The van der Waals surface area contributed by atoms with Gasteiger partial charge in [-0.25, -0.2) is 4.79 Å². The molecule has 12 heteroatoms. The summed E-state index contributed by atoms with van der Waals surface area (Å²) in [5.41, 5.74) is -3.69. The number of carbonyl (C=O) groups is 2. The van der Waals surface area contributed by atoms with Crippen LogP contribution in [0.2, 0.25) is 0 Å². The van der Waals surface area contributed by atoms with E-state index in [-0.39, 0.29) is 6.54 Å². The van der Waals surface area contributed by atoms with Gasteiger partial charge in [0.1, 0.15) is 11.0 Å². The van der Waals surface area contributed by atoms with Gasteiger partial charge in [-0.05, 0) is 33.6 Å². The van der Waals surface area contributed by atoms with E-state index in [1.165, 1.54) is 0 Å². The van der Waals surface area contributed by atoms with Gasteiger partial charge < -0.3 is 19.3 Å². The molecule has 2 saturated heterocycles. The second kappa shape index (κ2) is 7.84.